The van der Waals surface area contributed by atoms with E-state index in [9.17, 15) is 0 Å². The molecule has 40 valence electrons. The third kappa shape index (κ3) is 0.450. The Hall–Kier alpha value is 0.354. The monoisotopic (exact) mass is 132 g/mol. The molecule has 3 heterocycles. The smallest absolute Gasteiger partial charge is 0.316 e. The van der Waals surface area contributed by atoms with Gasteiger partial charge in [0.2, 0.25) is 0 Å². The molecule has 3 aliphatic heterocycles. The molecule has 0 aromatic carbocycles. The summed E-state index contributed by atoms with van der Waals surface area (Å²) in [6.07, 6.45) is 0. The Labute approximate surface area is 45.5 Å². The average molecular weight is 132 g/mol. The minimum Gasteiger partial charge on any atom is -0.418 e. The molecule has 3 rings (SSSR count). The second-order valence-corrected chi connectivity index (χ2v) is 8.43. The summed E-state index contributed by atoms with van der Waals surface area (Å²) in [6, 6.07) is 2.58. The Morgan fingerprint density at radius 1 is 1.57 bits per heavy atom. The fraction of sp³-hybridized carbons (Fsp3) is 1.00. The van der Waals surface area contributed by atoms with Gasteiger partial charge in [0.05, 0.1) is 0 Å². The van der Waals surface area contributed by atoms with E-state index in [2.05, 4.69) is 6.55 Å². The fourth-order valence-corrected chi connectivity index (χ4v) is 10.6. The number of rotatable bonds is 0. The van der Waals surface area contributed by atoms with Crippen molar-refractivity contribution < 1.29 is 8.23 Å². The molecule has 0 amide bonds. The second kappa shape index (κ2) is 1.02. The summed E-state index contributed by atoms with van der Waals surface area (Å²) in [5, 5.41) is 0. The summed E-state index contributed by atoms with van der Waals surface area (Å²) in [5.41, 5.74) is 0. The molecule has 0 unspecified atom stereocenters. The van der Waals surface area contributed by atoms with Crippen LogP contribution in [0.1, 0.15) is 0 Å². The van der Waals surface area contributed by atoms with Gasteiger partial charge >= 0.3 is 17.8 Å². The van der Waals surface area contributed by atoms with Gasteiger partial charge in [-0.25, -0.2) is 0 Å². The molecule has 7 heavy (non-hydrogen) atoms. The van der Waals surface area contributed by atoms with Crippen molar-refractivity contribution in [2.75, 3.05) is 0 Å². The second-order valence-electron chi connectivity index (χ2n) is 2.34. The first-order valence-corrected chi connectivity index (χ1v) is 6.92. The van der Waals surface area contributed by atoms with E-state index in [0.717, 1.165) is 0 Å². The minimum atomic E-state index is -1.33. The molecule has 0 N–H and O–H groups in total. The lowest BCUT2D eigenvalue weighted by molar-refractivity contribution is 0.281. The van der Waals surface area contributed by atoms with Gasteiger partial charge in [0.25, 0.3) is 0 Å². The molecule has 4 heteroatoms. The van der Waals surface area contributed by atoms with E-state index in [1.54, 1.807) is 0 Å². The van der Waals surface area contributed by atoms with Gasteiger partial charge in [0.15, 0.2) is 0 Å². The molecular weight excluding hydrogens is 124 g/mol. The van der Waals surface area contributed by atoms with Crippen LogP contribution in [-0.4, -0.2) is 17.8 Å². The predicted molar refractivity (Wildman–Crippen MR) is 30.6 cm³/mol. The van der Waals surface area contributed by atoms with Crippen molar-refractivity contribution in [2.45, 2.75) is 18.6 Å². The Bertz CT molecular complexity index is 93.6. The molecular formula is C3H8O2Si2. The highest BCUT2D eigenvalue weighted by atomic mass is 28.5. The van der Waals surface area contributed by atoms with Gasteiger partial charge in [-0.2, -0.15) is 0 Å². The highest BCUT2D eigenvalue weighted by molar-refractivity contribution is 6.89. The Kier molecular flexibility index (Phi) is 0.621. The van der Waals surface area contributed by atoms with E-state index in [1.165, 1.54) is 12.1 Å². The molecule has 0 spiro atoms. The SMILES string of the molecule is C[Si]12CC[SiH](O1)O2. The highest BCUT2D eigenvalue weighted by Crippen LogP contribution is 2.38. The van der Waals surface area contributed by atoms with Crippen LogP contribution in [0.2, 0.25) is 18.6 Å². The third-order valence-electron chi connectivity index (χ3n) is 1.60. The van der Waals surface area contributed by atoms with E-state index in [1.807, 2.05) is 0 Å². The molecule has 0 aromatic heterocycles. The van der Waals surface area contributed by atoms with Gasteiger partial charge in [-0.05, 0) is 18.6 Å². The third-order valence-corrected chi connectivity index (χ3v) is 10.2. The first-order chi connectivity index (χ1) is 3.29. The molecule has 0 aliphatic carbocycles. The summed E-state index contributed by atoms with van der Waals surface area (Å²) in [4.78, 5) is 0. The zero-order valence-electron chi connectivity index (χ0n) is 4.31. The first-order valence-electron chi connectivity index (χ1n) is 2.64. The largest absolute Gasteiger partial charge is 0.418 e. The van der Waals surface area contributed by atoms with E-state index in [0.29, 0.717) is 0 Å². The first kappa shape index (κ1) is 4.25. The maximum atomic E-state index is 5.49. The van der Waals surface area contributed by atoms with Gasteiger partial charge in [-0.15, -0.1) is 0 Å². The van der Waals surface area contributed by atoms with Gasteiger partial charge in [-0.1, -0.05) is 0 Å². The van der Waals surface area contributed by atoms with Gasteiger partial charge < -0.3 is 8.23 Å². The molecule has 0 atom stereocenters. The van der Waals surface area contributed by atoms with Crippen LogP contribution >= 0.6 is 0 Å². The zero-order chi connectivity index (χ0) is 4.91. The van der Waals surface area contributed by atoms with Crippen molar-refractivity contribution >= 4 is 17.8 Å². The normalized spacial score (nSPS) is 57.0. The highest BCUT2D eigenvalue weighted by Gasteiger charge is 2.54. The number of hydrogen-bond donors (Lipinski definition) is 0. The molecule has 3 aliphatic rings. The predicted octanol–water partition coefficient (Wildman–Crippen LogP) is 0.339. The summed E-state index contributed by atoms with van der Waals surface area (Å²) >= 11 is 0. The summed E-state index contributed by atoms with van der Waals surface area (Å²) in [5.74, 6) is 0. The summed E-state index contributed by atoms with van der Waals surface area (Å²) in [7, 11) is -2.25. The quantitative estimate of drug-likeness (QED) is 0.442. The van der Waals surface area contributed by atoms with Crippen molar-refractivity contribution in [2.24, 2.45) is 0 Å². The van der Waals surface area contributed by atoms with Crippen LogP contribution in [0, 0.1) is 0 Å². The van der Waals surface area contributed by atoms with Crippen LogP contribution in [0.4, 0.5) is 0 Å². The van der Waals surface area contributed by atoms with Crippen molar-refractivity contribution in [3.8, 4) is 0 Å². The van der Waals surface area contributed by atoms with Crippen LogP contribution < -0.4 is 0 Å². The molecule has 2 nitrogen and oxygen atoms in total. The molecule has 0 saturated carbocycles. The topological polar surface area (TPSA) is 18.5 Å². The molecule has 3 saturated heterocycles. The van der Waals surface area contributed by atoms with Crippen LogP contribution in [0.25, 0.3) is 0 Å². The van der Waals surface area contributed by atoms with Crippen molar-refractivity contribution in [1.82, 2.24) is 0 Å². The lowest BCUT2D eigenvalue weighted by Gasteiger charge is -2.33. The summed E-state index contributed by atoms with van der Waals surface area (Å²) in [6.45, 7) is 2.16. The Morgan fingerprint density at radius 2 is 2.29 bits per heavy atom. The number of hydrogen-bond acceptors (Lipinski definition) is 2. The fourth-order valence-electron chi connectivity index (χ4n) is 1.18. The van der Waals surface area contributed by atoms with E-state index >= 15 is 0 Å². The van der Waals surface area contributed by atoms with Crippen molar-refractivity contribution in [1.29, 1.82) is 0 Å². The molecule has 0 aromatic rings. The number of fused-ring (bicyclic) bond motifs is 1. The van der Waals surface area contributed by atoms with Crippen molar-refractivity contribution in [3.63, 3.8) is 0 Å². The van der Waals surface area contributed by atoms with Crippen molar-refractivity contribution in [3.05, 3.63) is 0 Å². The molecule has 3 fully saturated rings. The minimum absolute atomic E-state index is 0.911. The molecule has 0 radical (unpaired) electrons. The van der Waals surface area contributed by atoms with Crippen LogP contribution in [0.5, 0.6) is 0 Å². The zero-order valence-corrected chi connectivity index (χ0v) is 6.46. The Morgan fingerprint density at radius 3 is 2.43 bits per heavy atom. The van der Waals surface area contributed by atoms with Gasteiger partial charge in [-0.3, -0.25) is 0 Å². The average Bonchev–Trinajstić information content (AvgIpc) is 1.88. The van der Waals surface area contributed by atoms with Crippen LogP contribution in [-0.2, 0) is 8.23 Å². The maximum Gasteiger partial charge on any atom is 0.316 e. The van der Waals surface area contributed by atoms with Gasteiger partial charge in [0.1, 0.15) is 0 Å². The molecule has 2 bridgehead atoms. The maximum absolute atomic E-state index is 5.49. The van der Waals surface area contributed by atoms with Crippen LogP contribution in [0.15, 0.2) is 0 Å². The standard InChI is InChI=1S/C3H8O2Si2/c1-7-3-2-6(4-7)5-7/h6H,2-3H2,1H3. The van der Waals surface area contributed by atoms with Gasteiger partial charge in [0, 0.05) is 0 Å². The van der Waals surface area contributed by atoms with Crippen LogP contribution in [0.3, 0.4) is 0 Å². The van der Waals surface area contributed by atoms with E-state index in [-0.39, 0.29) is 0 Å². The van der Waals surface area contributed by atoms with E-state index in [4.69, 9.17) is 8.23 Å². The lowest BCUT2D eigenvalue weighted by Crippen LogP contribution is -2.50. The summed E-state index contributed by atoms with van der Waals surface area (Å²) < 4.78 is 11.0. The lowest BCUT2D eigenvalue weighted by atomic mass is 11.0. The Balaban J connectivity index is 2.20. The van der Waals surface area contributed by atoms with E-state index < -0.39 is 17.8 Å².